The van der Waals surface area contributed by atoms with Gasteiger partial charge in [-0.25, -0.2) is 8.42 Å². The summed E-state index contributed by atoms with van der Waals surface area (Å²) in [5.41, 5.74) is 5.35. The van der Waals surface area contributed by atoms with Crippen molar-refractivity contribution in [2.24, 2.45) is 4.99 Å². The molecule has 3 aromatic rings. The Balaban J connectivity index is 1.57. The number of fused-ring (bicyclic) bond motifs is 2. The summed E-state index contributed by atoms with van der Waals surface area (Å²) in [7, 11) is 0.310. The van der Waals surface area contributed by atoms with Crippen molar-refractivity contribution in [1.82, 2.24) is 4.90 Å². The largest absolute Gasteiger partial charge is 0.493 e. The summed E-state index contributed by atoms with van der Waals surface area (Å²) in [6, 6.07) is 20.1. The number of rotatable bonds is 8. The van der Waals surface area contributed by atoms with Crippen molar-refractivity contribution in [2.45, 2.75) is 12.3 Å². The summed E-state index contributed by atoms with van der Waals surface area (Å²) in [6.07, 6.45) is 1.97. The molecule has 3 aromatic carbocycles. The number of ether oxygens (including phenoxy) is 1. The van der Waals surface area contributed by atoms with E-state index in [4.69, 9.17) is 9.73 Å². The number of likely N-dealkylation sites (N-methyl/N-ethyl adjacent to an activating group) is 1. The molecule has 1 unspecified atom stereocenters. The number of hydrogen-bond acceptors (Lipinski definition) is 7. The van der Waals surface area contributed by atoms with E-state index in [1.807, 2.05) is 37.2 Å². The van der Waals surface area contributed by atoms with Gasteiger partial charge in [-0.2, -0.15) is 5.26 Å². The molecular formula is C29H29N5O4S. The molecular weight excluding hydrogens is 514 g/mol. The van der Waals surface area contributed by atoms with Gasteiger partial charge < -0.3 is 15.0 Å². The van der Waals surface area contributed by atoms with Gasteiger partial charge in [-0.05, 0) is 85.4 Å². The van der Waals surface area contributed by atoms with Gasteiger partial charge in [-0.3, -0.25) is 14.1 Å². The van der Waals surface area contributed by atoms with Gasteiger partial charge in [-0.1, -0.05) is 6.07 Å². The van der Waals surface area contributed by atoms with Crippen molar-refractivity contribution in [3.8, 4) is 11.8 Å². The summed E-state index contributed by atoms with van der Waals surface area (Å²) >= 11 is 0. The van der Waals surface area contributed by atoms with Crippen LogP contribution in [0.25, 0.3) is 0 Å². The molecule has 0 aromatic heterocycles. The number of aliphatic imine (C=N–C) groups is 1. The lowest BCUT2D eigenvalue weighted by Crippen LogP contribution is -2.35. The molecule has 200 valence electrons. The lowest BCUT2D eigenvalue weighted by molar-refractivity contribution is -0.115. The minimum absolute atomic E-state index is 0.223. The van der Waals surface area contributed by atoms with Crippen LogP contribution < -0.4 is 14.4 Å². The number of nitriles is 1. The molecule has 2 heterocycles. The third-order valence-corrected chi connectivity index (χ3v) is 8.00. The minimum Gasteiger partial charge on any atom is -0.493 e. The molecule has 0 saturated heterocycles. The van der Waals surface area contributed by atoms with Crippen LogP contribution in [0.5, 0.6) is 5.75 Å². The Labute approximate surface area is 228 Å². The van der Waals surface area contributed by atoms with Crippen LogP contribution in [0.2, 0.25) is 0 Å². The van der Waals surface area contributed by atoms with Crippen molar-refractivity contribution in [3.05, 3.63) is 82.9 Å². The average Bonchev–Trinajstić information content (AvgIpc) is 3.49. The van der Waals surface area contributed by atoms with E-state index in [9.17, 15) is 18.5 Å². The Morgan fingerprint density at radius 1 is 1.10 bits per heavy atom. The Morgan fingerprint density at radius 2 is 1.87 bits per heavy atom. The number of nitrogens with one attached hydrogen (secondary N) is 1. The Hall–Kier alpha value is -4.20. The first-order valence-electron chi connectivity index (χ1n) is 12.6. The highest BCUT2D eigenvalue weighted by Crippen LogP contribution is 2.38. The number of nitrogens with zero attached hydrogens (tertiary/aromatic N) is 4. The van der Waals surface area contributed by atoms with Crippen LogP contribution in [0.4, 0.5) is 17.1 Å². The molecule has 1 amide bonds. The Morgan fingerprint density at radius 3 is 2.56 bits per heavy atom. The fourth-order valence-electron chi connectivity index (χ4n) is 4.85. The Kier molecular flexibility index (Phi) is 7.12. The monoisotopic (exact) mass is 543 g/mol. The van der Waals surface area contributed by atoms with Crippen molar-refractivity contribution < 1.29 is 17.9 Å². The van der Waals surface area contributed by atoms with E-state index >= 15 is 0 Å². The van der Waals surface area contributed by atoms with Crippen LogP contribution in [0, 0.1) is 11.3 Å². The summed E-state index contributed by atoms with van der Waals surface area (Å²) < 4.78 is 32.0. The van der Waals surface area contributed by atoms with Gasteiger partial charge in [0.05, 0.1) is 41.6 Å². The molecule has 39 heavy (non-hydrogen) atoms. The fourth-order valence-corrected chi connectivity index (χ4v) is 5.77. The lowest BCUT2D eigenvalue weighted by Gasteiger charge is -2.24. The van der Waals surface area contributed by atoms with Crippen molar-refractivity contribution in [3.63, 3.8) is 0 Å². The van der Waals surface area contributed by atoms with E-state index in [2.05, 4.69) is 11.4 Å². The molecule has 0 bridgehead atoms. The molecule has 1 atom stereocenters. The third-order valence-electron chi connectivity index (χ3n) is 6.81. The quantitative estimate of drug-likeness (QED) is 0.434. The second kappa shape index (κ2) is 10.5. The maximum atomic E-state index is 13.3. The summed E-state index contributed by atoms with van der Waals surface area (Å²) in [5.74, 6) is -0.0736. The van der Waals surface area contributed by atoms with E-state index in [0.717, 1.165) is 28.9 Å². The zero-order valence-electron chi connectivity index (χ0n) is 22.0. The van der Waals surface area contributed by atoms with Crippen molar-refractivity contribution in [1.29, 1.82) is 5.26 Å². The summed E-state index contributed by atoms with van der Waals surface area (Å²) in [5, 5.41) is 12.2. The average molecular weight is 544 g/mol. The van der Waals surface area contributed by atoms with E-state index in [0.29, 0.717) is 48.0 Å². The first-order chi connectivity index (χ1) is 18.6. The first-order valence-corrected chi connectivity index (χ1v) is 14.4. The van der Waals surface area contributed by atoms with E-state index in [1.165, 1.54) is 10.6 Å². The second-order valence-electron chi connectivity index (χ2n) is 9.91. The maximum absolute atomic E-state index is 13.3. The van der Waals surface area contributed by atoms with Gasteiger partial charge in [0.1, 0.15) is 11.7 Å². The number of sulfonamides is 1. The van der Waals surface area contributed by atoms with Crippen molar-refractivity contribution >= 4 is 38.7 Å². The predicted molar refractivity (Wildman–Crippen MR) is 152 cm³/mol. The molecule has 2 aliphatic heterocycles. The number of amides is 1. The first kappa shape index (κ1) is 26.4. The lowest BCUT2D eigenvalue weighted by atomic mass is 9.89. The second-order valence-corrected chi connectivity index (χ2v) is 11.8. The molecule has 0 fully saturated rings. The topological polar surface area (TPSA) is 115 Å². The SMILES string of the molecule is CN(C)CCN(c1ccc(N=C(c2ccc3c(c2)CCO3)C2C(=O)Nc3cc(C#N)ccc32)cc1)S(C)(=O)=O. The Bertz CT molecular complexity index is 1610. The highest BCUT2D eigenvalue weighted by molar-refractivity contribution is 7.92. The number of carbonyl (C=O) groups excluding carboxylic acids is 1. The van der Waals surface area contributed by atoms with Gasteiger partial charge in [0, 0.05) is 25.2 Å². The van der Waals surface area contributed by atoms with Crippen molar-refractivity contribution in [2.75, 3.05) is 49.7 Å². The molecule has 1 N–H and O–H groups in total. The molecule has 9 nitrogen and oxygen atoms in total. The number of hydrogen-bond donors (Lipinski definition) is 1. The van der Waals surface area contributed by atoms with Crippen LogP contribution in [0.15, 0.2) is 65.7 Å². The van der Waals surface area contributed by atoms with Crippen LogP contribution in [0.1, 0.15) is 28.2 Å². The maximum Gasteiger partial charge on any atom is 0.238 e. The van der Waals surface area contributed by atoms with Crippen LogP contribution in [-0.4, -0.2) is 65.0 Å². The standard InChI is InChI=1S/C29H29N5O4S/c1-33(2)13-14-34(39(3,36)37)23-8-6-22(7-9-23)31-28(21-5-11-26-20(17-21)12-15-38-26)27-24-10-4-19(18-30)16-25(24)32-29(27)35/h4-11,16-17,27H,12-15H2,1-3H3,(H,32,35). The van der Waals surface area contributed by atoms with Gasteiger partial charge in [0.2, 0.25) is 15.9 Å². The summed E-state index contributed by atoms with van der Waals surface area (Å²) in [6.45, 7) is 1.50. The number of benzene rings is 3. The van der Waals surface area contributed by atoms with Crippen LogP contribution in [0.3, 0.4) is 0 Å². The molecule has 0 aliphatic carbocycles. The van der Waals surface area contributed by atoms with Gasteiger partial charge in [-0.15, -0.1) is 0 Å². The van der Waals surface area contributed by atoms with Gasteiger partial charge in [0.25, 0.3) is 0 Å². The number of anilines is 2. The molecule has 0 saturated carbocycles. The molecule has 2 aliphatic rings. The number of carbonyl (C=O) groups is 1. The zero-order chi connectivity index (χ0) is 27.7. The molecule has 10 heteroatoms. The van der Waals surface area contributed by atoms with Crippen LogP contribution >= 0.6 is 0 Å². The summed E-state index contributed by atoms with van der Waals surface area (Å²) in [4.78, 5) is 20.1. The van der Waals surface area contributed by atoms with Gasteiger partial charge in [0.15, 0.2) is 0 Å². The molecule has 0 spiro atoms. The molecule has 5 rings (SSSR count). The smallest absolute Gasteiger partial charge is 0.238 e. The van der Waals surface area contributed by atoms with Gasteiger partial charge >= 0.3 is 0 Å². The predicted octanol–water partition coefficient (Wildman–Crippen LogP) is 3.68. The van der Waals surface area contributed by atoms with E-state index in [1.54, 1.807) is 42.5 Å². The van der Waals surface area contributed by atoms with E-state index < -0.39 is 15.9 Å². The normalized spacial score (nSPS) is 16.3. The zero-order valence-corrected chi connectivity index (χ0v) is 22.8. The minimum atomic E-state index is -3.47. The third kappa shape index (κ3) is 5.50. The fraction of sp³-hybridized carbons (Fsp3) is 0.276. The highest BCUT2D eigenvalue weighted by Gasteiger charge is 2.36. The molecule has 0 radical (unpaired) electrons. The van der Waals surface area contributed by atoms with Crippen LogP contribution in [-0.2, 0) is 21.2 Å². The van der Waals surface area contributed by atoms with E-state index in [-0.39, 0.29) is 5.91 Å². The highest BCUT2D eigenvalue weighted by atomic mass is 32.2.